The third kappa shape index (κ3) is 4.15. The Morgan fingerprint density at radius 1 is 0.929 bits per heavy atom. The van der Waals surface area contributed by atoms with E-state index in [4.69, 9.17) is 25.8 Å². The molecule has 3 rings (SSSR count). The molecule has 3 aromatic rings. The van der Waals surface area contributed by atoms with Crippen LogP contribution in [0, 0.1) is 0 Å². The Morgan fingerprint density at radius 3 is 2.21 bits per heavy atom. The van der Waals surface area contributed by atoms with Crippen LogP contribution in [0.5, 0.6) is 17.2 Å². The number of amides is 1. The van der Waals surface area contributed by atoms with E-state index in [1.807, 2.05) is 12.1 Å². The fraction of sp³-hybridized carbons (Fsp3) is 0.150. The highest BCUT2D eigenvalue weighted by Crippen LogP contribution is 2.38. The summed E-state index contributed by atoms with van der Waals surface area (Å²) in [6, 6.07) is 13.9. The summed E-state index contributed by atoms with van der Waals surface area (Å²) < 4.78 is 15.9. The number of carbonyl (C=O) groups excluding carboxylic acids is 1. The molecule has 0 radical (unpaired) electrons. The molecule has 0 spiro atoms. The van der Waals surface area contributed by atoms with Crippen LogP contribution in [0.3, 0.4) is 0 Å². The van der Waals surface area contributed by atoms with Crippen LogP contribution in [0.25, 0.3) is 11.3 Å². The normalized spacial score (nSPS) is 10.3. The number of hydrogen-bond donors (Lipinski definition) is 1. The summed E-state index contributed by atoms with van der Waals surface area (Å²) in [5.41, 5.74) is 2.42. The summed E-state index contributed by atoms with van der Waals surface area (Å²) in [4.78, 5) is 12.7. The van der Waals surface area contributed by atoms with Gasteiger partial charge >= 0.3 is 0 Å². The maximum absolute atomic E-state index is 12.7. The van der Waals surface area contributed by atoms with Gasteiger partial charge in [-0.1, -0.05) is 23.7 Å². The first-order valence-electron chi connectivity index (χ1n) is 8.26. The zero-order valence-corrected chi connectivity index (χ0v) is 16.3. The monoisotopic (exact) mass is 399 g/mol. The van der Waals surface area contributed by atoms with Gasteiger partial charge in [-0.2, -0.15) is 0 Å². The molecule has 0 atom stereocenters. The minimum atomic E-state index is -0.321. The van der Waals surface area contributed by atoms with Gasteiger partial charge in [0.2, 0.25) is 5.75 Å². The van der Waals surface area contributed by atoms with Crippen LogP contribution in [0.1, 0.15) is 10.4 Å². The summed E-state index contributed by atoms with van der Waals surface area (Å²) in [7, 11) is 4.50. The zero-order chi connectivity index (χ0) is 20.1. The van der Waals surface area contributed by atoms with Gasteiger partial charge in [-0.25, -0.2) is 0 Å². The summed E-state index contributed by atoms with van der Waals surface area (Å²) >= 11 is 5.78. The van der Waals surface area contributed by atoms with E-state index in [-0.39, 0.29) is 5.91 Å². The van der Waals surface area contributed by atoms with E-state index < -0.39 is 0 Å². The summed E-state index contributed by atoms with van der Waals surface area (Å²) in [5, 5.41) is 11.1. The molecule has 0 saturated heterocycles. The van der Waals surface area contributed by atoms with Gasteiger partial charge in [0.15, 0.2) is 16.7 Å². The number of hydrogen-bond acceptors (Lipinski definition) is 6. The van der Waals surface area contributed by atoms with Crippen molar-refractivity contribution >= 4 is 23.2 Å². The van der Waals surface area contributed by atoms with Gasteiger partial charge in [-0.3, -0.25) is 4.79 Å². The van der Waals surface area contributed by atoms with Gasteiger partial charge in [0, 0.05) is 16.8 Å². The smallest absolute Gasteiger partial charge is 0.255 e. The quantitative estimate of drug-likeness (QED) is 0.672. The number of halogens is 1. The standard InChI is InChI=1S/C20H18ClN3O4/c1-26-16-10-13(11-17(27-2)19(16)28-3)20(25)22-14-6-4-5-12(9-14)15-7-8-18(21)24-23-15/h4-11H,1-3H3,(H,22,25). The molecule has 0 fully saturated rings. The van der Waals surface area contributed by atoms with E-state index in [0.717, 1.165) is 5.56 Å². The van der Waals surface area contributed by atoms with E-state index in [0.29, 0.717) is 39.3 Å². The predicted octanol–water partition coefficient (Wildman–Crippen LogP) is 4.08. The SMILES string of the molecule is COc1cc(C(=O)Nc2cccc(-c3ccc(Cl)nn3)c2)cc(OC)c1OC. The van der Waals surface area contributed by atoms with Crippen LogP contribution in [-0.4, -0.2) is 37.4 Å². The fourth-order valence-corrected chi connectivity index (χ4v) is 2.74. The topological polar surface area (TPSA) is 82.6 Å². The third-order valence-corrected chi connectivity index (χ3v) is 4.18. The van der Waals surface area contributed by atoms with E-state index in [2.05, 4.69) is 15.5 Å². The Kier molecular flexibility index (Phi) is 5.96. The van der Waals surface area contributed by atoms with Gasteiger partial charge in [-0.15, -0.1) is 10.2 Å². The molecule has 1 amide bonds. The number of ether oxygens (including phenoxy) is 3. The lowest BCUT2D eigenvalue weighted by atomic mass is 10.1. The number of nitrogens with one attached hydrogen (secondary N) is 1. The van der Waals surface area contributed by atoms with Crippen LogP contribution >= 0.6 is 11.6 Å². The molecule has 8 heteroatoms. The molecular weight excluding hydrogens is 382 g/mol. The summed E-state index contributed by atoms with van der Waals surface area (Å²) in [6.45, 7) is 0. The van der Waals surface area contributed by atoms with Gasteiger partial charge in [-0.05, 0) is 36.4 Å². The van der Waals surface area contributed by atoms with E-state index in [1.54, 1.807) is 36.4 Å². The molecule has 144 valence electrons. The molecule has 0 aliphatic heterocycles. The lowest BCUT2D eigenvalue weighted by molar-refractivity contribution is 0.102. The van der Waals surface area contributed by atoms with Crippen LogP contribution < -0.4 is 19.5 Å². The van der Waals surface area contributed by atoms with E-state index in [1.165, 1.54) is 21.3 Å². The Bertz CT molecular complexity index is 968. The van der Waals surface area contributed by atoms with Gasteiger partial charge in [0.05, 0.1) is 27.0 Å². The average molecular weight is 400 g/mol. The number of methoxy groups -OCH3 is 3. The third-order valence-electron chi connectivity index (χ3n) is 3.98. The first-order chi connectivity index (χ1) is 13.5. The second-order valence-corrected chi connectivity index (χ2v) is 6.08. The number of aromatic nitrogens is 2. The van der Waals surface area contributed by atoms with Crippen molar-refractivity contribution in [3.8, 4) is 28.5 Å². The van der Waals surface area contributed by atoms with Crippen LogP contribution in [0.4, 0.5) is 5.69 Å². The van der Waals surface area contributed by atoms with Crippen molar-refractivity contribution < 1.29 is 19.0 Å². The molecule has 0 aliphatic rings. The van der Waals surface area contributed by atoms with Crippen molar-refractivity contribution in [1.82, 2.24) is 10.2 Å². The lowest BCUT2D eigenvalue weighted by Gasteiger charge is -2.14. The number of rotatable bonds is 6. The van der Waals surface area contributed by atoms with Crippen LogP contribution in [-0.2, 0) is 0 Å². The van der Waals surface area contributed by atoms with Crippen molar-refractivity contribution in [1.29, 1.82) is 0 Å². The van der Waals surface area contributed by atoms with Crippen molar-refractivity contribution in [3.63, 3.8) is 0 Å². The predicted molar refractivity (Wildman–Crippen MR) is 107 cm³/mol. The average Bonchev–Trinajstić information content (AvgIpc) is 2.73. The van der Waals surface area contributed by atoms with Crippen molar-refractivity contribution in [3.05, 3.63) is 59.2 Å². The molecule has 0 unspecified atom stereocenters. The molecule has 0 aliphatic carbocycles. The number of benzene rings is 2. The molecule has 1 aromatic heterocycles. The number of carbonyl (C=O) groups is 1. The Balaban J connectivity index is 1.87. The van der Waals surface area contributed by atoms with E-state index in [9.17, 15) is 4.79 Å². The first kappa shape index (κ1) is 19.4. The number of anilines is 1. The molecule has 0 saturated carbocycles. The largest absolute Gasteiger partial charge is 0.493 e. The second kappa shape index (κ2) is 8.58. The molecular formula is C20H18ClN3O4. The van der Waals surface area contributed by atoms with Gasteiger partial charge in [0.1, 0.15) is 0 Å². The molecule has 0 bridgehead atoms. The Labute approximate surface area is 167 Å². The fourth-order valence-electron chi connectivity index (χ4n) is 2.64. The van der Waals surface area contributed by atoms with E-state index >= 15 is 0 Å². The van der Waals surface area contributed by atoms with Crippen molar-refractivity contribution in [2.24, 2.45) is 0 Å². The molecule has 28 heavy (non-hydrogen) atoms. The van der Waals surface area contributed by atoms with Crippen molar-refractivity contribution in [2.75, 3.05) is 26.6 Å². The summed E-state index contributed by atoms with van der Waals surface area (Å²) in [6.07, 6.45) is 0. The Hall–Kier alpha value is -3.32. The highest BCUT2D eigenvalue weighted by molar-refractivity contribution is 6.29. The highest BCUT2D eigenvalue weighted by atomic mass is 35.5. The van der Waals surface area contributed by atoms with Gasteiger partial charge < -0.3 is 19.5 Å². The van der Waals surface area contributed by atoms with Gasteiger partial charge in [0.25, 0.3) is 5.91 Å². The maximum atomic E-state index is 12.7. The minimum absolute atomic E-state index is 0.315. The minimum Gasteiger partial charge on any atom is -0.493 e. The summed E-state index contributed by atoms with van der Waals surface area (Å²) in [5.74, 6) is 0.901. The zero-order valence-electron chi connectivity index (χ0n) is 15.5. The Morgan fingerprint density at radius 2 is 1.64 bits per heavy atom. The van der Waals surface area contributed by atoms with Crippen molar-refractivity contribution in [2.45, 2.75) is 0 Å². The highest BCUT2D eigenvalue weighted by Gasteiger charge is 2.17. The lowest BCUT2D eigenvalue weighted by Crippen LogP contribution is -2.12. The molecule has 2 aromatic carbocycles. The maximum Gasteiger partial charge on any atom is 0.255 e. The molecule has 1 heterocycles. The molecule has 1 N–H and O–H groups in total. The van der Waals surface area contributed by atoms with Crippen LogP contribution in [0.2, 0.25) is 5.15 Å². The molecule has 7 nitrogen and oxygen atoms in total. The first-order valence-corrected chi connectivity index (χ1v) is 8.64. The second-order valence-electron chi connectivity index (χ2n) is 5.69. The number of nitrogens with zero attached hydrogens (tertiary/aromatic N) is 2. The van der Waals surface area contributed by atoms with Crippen LogP contribution in [0.15, 0.2) is 48.5 Å².